The van der Waals surface area contributed by atoms with Crippen LogP contribution in [0.5, 0.6) is 0 Å². The van der Waals surface area contributed by atoms with Crippen LogP contribution < -0.4 is 0 Å². The molecule has 3 heteroatoms. The van der Waals surface area contributed by atoms with E-state index in [4.69, 9.17) is 0 Å². The smallest absolute Gasteiger partial charge is 0.0948 e. The maximum atomic E-state index is 9.68. The minimum Gasteiger partial charge on any atom is -0.389 e. The predicted octanol–water partition coefficient (Wildman–Crippen LogP) is 0.970. The summed E-state index contributed by atoms with van der Waals surface area (Å²) in [5, 5.41) is 9.68. The highest BCUT2D eigenvalue weighted by Crippen LogP contribution is 2.38. The topological polar surface area (TPSA) is 38.0 Å². The molecule has 0 saturated heterocycles. The van der Waals surface area contributed by atoms with Crippen LogP contribution in [0.3, 0.4) is 0 Å². The fourth-order valence-corrected chi connectivity index (χ4v) is 1.44. The number of rotatable bonds is 3. The Hall–Kier alpha value is -0.830. The Bertz CT molecular complexity index is 276. The molecule has 66 valence electrons. The van der Waals surface area contributed by atoms with Crippen LogP contribution in [0, 0.1) is 0 Å². The van der Waals surface area contributed by atoms with Crippen LogP contribution in [0.25, 0.3) is 0 Å². The minimum atomic E-state index is -0.396. The van der Waals surface area contributed by atoms with Gasteiger partial charge in [0.25, 0.3) is 0 Å². The van der Waals surface area contributed by atoms with Crippen molar-refractivity contribution >= 4 is 0 Å². The maximum absolute atomic E-state index is 9.68. The first-order valence-electron chi connectivity index (χ1n) is 4.45. The standard InChI is InChI=1S/C9H14N2O/c1-2-11-7-10-6-8(11)5-9(12)3-4-9/h6-7,12H,2-5H2,1H3. The first kappa shape index (κ1) is 7.80. The van der Waals surface area contributed by atoms with E-state index in [1.165, 1.54) is 0 Å². The van der Waals surface area contributed by atoms with Gasteiger partial charge in [-0.15, -0.1) is 0 Å². The van der Waals surface area contributed by atoms with E-state index in [1.807, 2.05) is 12.5 Å². The third-order valence-electron chi connectivity index (χ3n) is 2.48. The number of aliphatic hydroxyl groups is 1. The number of hydrogen-bond donors (Lipinski definition) is 1. The minimum absolute atomic E-state index is 0.396. The Morgan fingerprint density at radius 3 is 3.00 bits per heavy atom. The van der Waals surface area contributed by atoms with Gasteiger partial charge in [0.1, 0.15) is 0 Å². The van der Waals surface area contributed by atoms with Gasteiger partial charge in [-0.2, -0.15) is 0 Å². The molecular weight excluding hydrogens is 152 g/mol. The third kappa shape index (κ3) is 1.37. The zero-order valence-corrected chi connectivity index (χ0v) is 7.32. The molecule has 12 heavy (non-hydrogen) atoms. The molecule has 1 aromatic rings. The van der Waals surface area contributed by atoms with Gasteiger partial charge in [-0.1, -0.05) is 0 Å². The second-order valence-corrected chi connectivity index (χ2v) is 3.57. The molecule has 1 aliphatic rings. The number of aromatic nitrogens is 2. The summed E-state index contributed by atoms with van der Waals surface area (Å²) in [6, 6.07) is 0. The molecule has 1 fully saturated rings. The van der Waals surface area contributed by atoms with Crippen molar-refractivity contribution in [2.24, 2.45) is 0 Å². The normalized spacial score (nSPS) is 19.5. The summed E-state index contributed by atoms with van der Waals surface area (Å²) in [6.45, 7) is 3.02. The van der Waals surface area contributed by atoms with Crippen LogP contribution in [0.15, 0.2) is 12.5 Å². The van der Waals surface area contributed by atoms with Crippen molar-refractivity contribution in [1.29, 1.82) is 0 Å². The maximum Gasteiger partial charge on any atom is 0.0948 e. The van der Waals surface area contributed by atoms with Crippen molar-refractivity contribution in [2.45, 2.75) is 38.3 Å². The average Bonchev–Trinajstić information content (AvgIpc) is 2.64. The molecule has 2 rings (SSSR count). The van der Waals surface area contributed by atoms with E-state index < -0.39 is 5.60 Å². The van der Waals surface area contributed by atoms with Crippen molar-refractivity contribution in [3.8, 4) is 0 Å². The number of nitrogens with zero attached hydrogens (tertiary/aromatic N) is 2. The summed E-state index contributed by atoms with van der Waals surface area (Å²) in [5.41, 5.74) is 0.755. The number of aryl methyl sites for hydroxylation is 1. The molecule has 0 amide bonds. The molecule has 1 N–H and O–H groups in total. The Morgan fingerprint density at radius 1 is 1.67 bits per heavy atom. The molecule has 0 aromatic carbocycles. The molecule has 3 nitrogen and oxygen atoms in total. The molecule has 0 spiro atoms. The van der Waals surface area contributed by atoms with Crippen LogP contribution in [0.1, 0.15) is 25.5 Å². The van der Waals surface area contributed by atoms with Crippen molar-refractivity contribution in [2.75, 3.05) is 0 Å². The highest BCUT2D eigenvalue weighted by molar-refractivity contribution is 5.08. The Labute approximate surface area is 72.0 Å². The van der Waals surface area contributed by atoms with Gasteiger partial charge in [0.15, 0.2) is 0 Å². The van der Waals surface area contributed by atoms with Crippen molar-refractivity contribution in [3.63, 3.8) is 0 Å². The van der Waals surface area contributed by atoms with Crippen LogP contribution in [-0.2, 0) is 13.0 Å². The van der Waals surface area contributed by atoms with Crippen LogP contribution >= 0.6 is 0 Å². The fraction of sp³-hybridized carbons (Fsp3) is 0.667. The molecule has 0 unspecified atom stereocenters. The monoisotopic (exact) mass is 166 g/mol. The molecule has 0 aliphatic heterocycles. The highest BCUT2D eigenvalue weighted by Gasteiger charge is 2.40. The van der Waals surface area contributed by atoms with E-state index in [-0.39, 0.29) is 0 Å². The Balaban J connectivity index is 2.11. The van der Waals surface area contributed by atoms with Gasteiger partial charge in [0.2, 0.25) is 0 Å². The molecule has 1 aromatic heterocycles. The van der Waals surface area contributed by atoms with Gasteiger partial charge in [0.05, 0.1) is 11.9 Å². The molecule has 1 aliphatic carbocycles. The van der Waals surface area contributed by atoms with E-state index in [1.54, 1.807) is 0 Å². The molecule has 1 heterocycles. The second-order valence-electron chi connectivity index (χ2n) is 3.57. The quantitative estimate of drug-likeness (QED) is 0.726. The zero-order valence-electron chi connectivity index (χ0n) is 7.32. The largest absolute Gasteiger partial charge is 0.389 e. The zero-order chi connectivity index (χ0) is 8.60. The van der Waals surface area contributed by atoms with Crippen LogP contribution in [-0.4, -0.2) is 20.3 Å². The molecule has 0 atom stereocenters. The lowest BCUT2D eigenvalue weighted by atomic mass is 10.2. The molecular formula is C9H14N2O. The first-order chi connectivity index (χ1) is 5.73. The molecule has 1 saturated carbocycles. The summed E-state index contributed by atoms with van der Waals surface area (Å²) in [6.07, 6.45) is 6.32. The Kier molecular flexibility index (Phi) is 1.68. The second kappa shape index (κ2) is 2.59. The van der Waals surface area contributed by atoms with E-state index in [9.17, 15) is 5.11 Å². The van der Waals surface area contributed by atoms with Gasteiger partial charge in [0, 0.05) is 24.9 Å². The summed E-state index contributed by atoms with van der Waals surface area (Å²) >= 11 is 0. The lowest BCUT2D eigenvalue weighted by Gasteiger charge is -2.08. The third-order valence-corrected chi connectivity index (χ3v) is 2.48. The van der Waals surface area contributed by atoms with Crippen LogP contribution in [0.2, 0.25) is 0 Å². The summed E-state index contributed by atoms with van der Waals surface area (Å²) in [5.74, 6) is 0. The van der Waals surface area contributed by atoms with Crippen molar-refractivity contribution < 1.29 is 5.11 Å². The molecule has 0 radical (unpaired) electrons. The fourth-order valence-electron chi connectivity index (χ4n) is 1.44. The SMILES string of the molecule is CCn1cncc1CC1(O)CC1. The predicted molar refractivity (Wildman–Crippen MR) is 45.8 cm³/mol. The number of imidazole rings is 1. The first-order valence-corrected chi connectivity index (χ1v) is 4.45. The van der Waals surface area contributed by atoms with E-state index >= 15 is 0 Å². The summed E-state index contributed by atoms with van der Waals surface area (Å²) in [4.78, 5) is 4.06. The summed E-state index contributed by atoms with van der Waals surface area (Å²) in [7, 11) is 0. The van der Waals surface area contributed by atoms with Gasteiger partial charge in [-0.25, -0.2) is 4.98 Å². The van der Waals surface area contributed by atoms with Gasteiger partial charge >= 0.3 is 0 Å². The van der Waals surface area contributed by atoms with Crippen LogP contribution in [0.4, 0.5) is 0 Å². The highest BCUT2D eigenvalue weighted by atomic mass is 16.3. The van der Waals surface area contributed by atoms with E-state index in [2.05, 4.69) is 16.5 Å². The van der Waals surface area contributed by atoms with Crippen molar-refractivity contribution in [3.05, 3.63) is 18.2 Å². The van der Waals surface area contributed by atoms with E-state index in [0.29, 0.717) is 0 Å². The van der Waals surface area contributed by atoms with Crippen molar-refractivity contribution in [1.82, 2.24) is 9.55 Å². The summed E-state index contributed by atoms with van der Waals surface area (Å²) < 4.78 is 2.08. The number of hydrogen-bond acceptors (Lipinski definition) is 2. The average molecular weight is 166 g/mol. The van der Waals surface area contributed by atoms with Gasteiger partial charge < -0.3 is 9.67 Å². The van der Waals surface area contributed by atoms with Gasteiger partial charge in [-0.3, -0.25) is 0 Å². The lowest BCUT2D eigenvalue weighted by molar-refractivity contribution is 0.148. The molecule has 0 bridgehead atoms. The lowest BCUT2D eigenvalue weighted by Crippen LogP contribution is -2.13. The van der Waals surface area contributed by atoms with Gasteiger partial charge in [-0.05, 0) is 19.8 Å². The van der Waals surface area contributed by atoms with E-state index in [0.717, 1.165) is 31.5 Å². The Morgan fingerprint density at radius 2 is 2.42 bits per heavy atom.